The fourth-order valence-electron chi connectivity index (χ4n) is 1.48. The molecule has 5 heteroatoms. The van der Waals surface area contributed by atoms with Crippen LogP contribution in [0.5, 0.6) is 0 Å². The first-order chi connectivity index (χ1) is 7.24. The average Bonchev–Trinajstić information content (AvgIpc) is 2.27. The van der Waals surface area contributed by atoms with Gasteiger partial charge in [0.1, 0.15) is 0 Å². The lowest BCUT2D eigenvalue weighted by atomic mass is 10.0. The molecule has 1 unspecified atom stereocenters. The summed E-state index contributed by atoms with van der Waals surface area (Å²) in [4.78, 5) is 11.2. The van der Waals surface area contributed by atoms with Gasteiger partial charge in [-0.05, 0) is 31.7 Å². The number of esters is 1. The predicted octanol–water partition coefficient (Wildman–Crippen LogP) is -0.334. The number of aliphatic hydroxyl groups excluding tert-OH is 1. The van der Waals surface area contributed by atoms with E-state index in [4.69, 9.17) is 15.2 Å². The summed E-state index contributed by atoms with van der Waals surface area (Å²) in [5, 5.41) is 9.27. The minimum Gasteiger partial charge on any atom is -0.463 e. The van der Waals surface area contributed by atoms with Crippen molar-refractivity contribution in [2.24, 2.45) is 11.7 Å². The van der Waals surface area contributed by atoms with Crippen LogP contribution in [0, 0.1) is 5.92 Å². The zero-order valence-electron chi connectivity index (χ0n) is 8.85. The number of hydrogen-bond acceptors (Lipinski definition) is 5. The lowest BCUT2D eigenvalue weighted by Gasteiger charge is -2.22. The second-order valence-electron chi connectivity index (χ2n) is 3.78. The van der Waals surface area contributed by atoms with E-state index in [1.165, 1.54) is 0 Å². The van der Waals surface area contributed by atoms with E-state index in [1.807, 2.05) is 0 Å². The van der Waals surface area contributed by atoms with Crippen LogP contribution in [0.4, 0.5) is 0 Å². The van der Waals surface area contributed by atoms with E-state index in [-0.39, 0.29) is 13.0 Å². The van der Waals surface area contributed by atoms with Gasteiger partial charge in [0.15, 0.2) is 6.10 Å². The quantitative estimate of drug-likeness (QED) is 0.616. The molecule has 1 heterocycles. The molecular formula is C10H19NO4. The Morgan fingerprint density at radius 1 is 1.53 bits per heavy atom. The van der Waals surface area contributed by atoms with E-state index < -0.39 is 12.1 Å². The first kappa shape index (κ1) is 12.4. The Bertz CT molecular complexity index is 192. The van der Waals surface area contributed by atoms with Gasteiger partial charge in [-0.3, -0.25) is 0 Å². The van der Waals surface area contributed by atoms with E-state index in [2.05, 4.69) is 0 Å². The maximum atomic E-state index is 11.2. The number of ether oxygens (including phenoxy) is 2. The third-order valence-corrected chi connectivity index (χ3v) is 2.51. The van der Waals surface area contributed by atoms with Crippen LogP contribution in [0.2, 0.25) is 0 Å². The molecule has 0 amide bonds. The Morgan fingerprint density at radius 2 is 2.20 bits per heavy atom. The Hall–Kier alpha value is -0.650. The van der Waals surface area contributed by atoms with Gasteiger partial charge in [0, 0.05) is 13.2 Å². The minimum absolute atomic E-state index is 0.257. The van der Waals surface area contributed by atoms with Crippen LogP contribution < -0.4 is 5.73 Å². The first-order valence-electron chi connectivity index (χ1n) is 5.36. The summed E-state index contributed by atoms with van der Waals surface area (Å²) >= 11 is 0. The minimum atomic E-state index is -1.07. The maximum Gasteiger partial charge on any atom is 0.335 e. The summed E-state index contributed by atoms with van der Waals surface area (Å²) < 4.78 is 10.2. The van der Waals surface area contributed by atoms with Crippen molar-refractivity contribution in [2.75, 3.05) is 26.4 Å². The molecule has 0 aliphatic carbocycles. The van der Waals surface area contributed by atoms with Crippen LogP contribution in [-0.4, -0.2) is 43.5 Å². The predicted molar refractivity (Wildman–Crippen MR) is 54.2 cm³/mol. The summed E-state index contributed by atoms with van der Waals surface area (Å²) in [6.45, 7) is 2.12. The van der Waals surface area contributed by atoms with Gasteiger partial charge in [0.05, 0.1) is 6.61 Å². The third-order valence-electron chi connectivity index (χ3n) is 2.51. The topological polar surface area (TPSA) is 81.8 Å². The van der Waals surface area contributed by atoms with Crippen molar-refractivity contribution in [3.8, 4) is 0 Å². The third kappa shape index (κ3) is 4.59. The summed E-state index contributed by atoms with van der Waals surface area (Å²) in [5.41, 5.74) is 5.22. The molecule has 0 saturated carbocycles. The maximum absolute atomic E-state index is 11.2. The molecule has 0 aromatic rings. The van der Waals surface area contributed by atoms with Gasteiger partial charge in [-0.15, -0.1) is 0 Å². The molecule has 15 heavy (non-hydrogen) atoms. The average molecular weight is 217 g/mol. The largest absolute Gasteiger partial charge is 0.463 e. The van der Waals surface area contributed by atoms with E-state index >= 15 is 0 Å². The highest BCUT2D eigenvalue weighted by molar-refractivity contribution is 5.74. The molecule has 0 spiro atoms. The molecule has 0 aromatic carbocycles. The summed E-state index contributed by atoms with van der Waals surface area (Å²) in [6.07, 6.45) is 1.02. The van der Waals surface area contributed by atoms with E-state index in [0.29, 0.717) is 12.5 Å². The second-order valence-corrected chi connectivity index (χ2v) is 3.78. The monoisotopic (exact) mass is 217 g/mol. The van der Waals surface area contributed by atoms with Crippen molar-refractivity contribution in [2.45, 2.75) is 25.4 Å². The zero-order valence-corrected chi connectivity index (χ0v) is 8.85. The molecule has 0 radical (unpaired) electrons. The molecule has 1 fully saturated rings. The molecule has 0 bridgehead atoms. The molecule has 88 valence electrons. The molecule has 1 atom stereocenters. The van der Waals surface area contributed by atoms with Gasteiger partial charge < -0.3 is 20.3 Å². The molecule has 1 rings (SSSR count). The van der Waals surface area contributed by atoms with Crippen LogP contribution in [-0.2, 0) is 14.3 Å². The normalized spacial score (nSPS) is 19.9. The number of carbonyl (C=O) groups is 1. The molecule has 3 N–H and O–H groups in total. The van der Waals surface area contributed by atoms with Gasteiger partial charge in [-0.2, -0.15) is 0 Å². The zero-order chi connectivity index (χ0) is 11.1. The van der Waals surface area contributed by atoms with Crippen LogP contribution >= 0.6 is 0 Å². The number of hydrogen-bond donors (Lipinski definition) is 2. The van der Waals surface area contributed by atoms with Gasteiger partial charge in [-0.1, -0.05) is 0 Å². The Morgan fingerprint density at radius 3 is 2.80 bits per heavy atom. The van der Waals surface area contributed by atoms with Crippen LogP contribution in [0.1, 0.15) is 19.3 Å². The van der Waals surface area contributed by atoms with Gasteiger partial charge in [-0.25, -0.2) is 4.79 Å². The van der Waals surface area contributed by atoms with Crippen LogP contribution in [0.15, 0.2) is 0 Å². The van der Waals surface area contributed by atoms with E-state index in [1.54, 1.807) is 0 Å². The van der Waals surface area contributed by atoms with Crippen molar-refractivity contribution in [1.82, 2.24) is 0 Å². The summed E-state index contributed by atoms with van der Waals surface area (Å²) in [5.74, 6) is -0.195. The Kier molecular flexibility index (Phi) is 5.60. The number of carbonyl (C=O) groups excluding carboxylic acids is 1. The smallest absolute Gasteiger partial charge is 0.335 e. The Labute approximate surface area is 89.5 Å². The van der Waals surface area contributed by atoms with Crippen LogP contribution in [0.3, 0.4) is 0 Å². The van der Waals surface area contributed by atoms with Crippen molar-refractivity contribution < 1.29 is 19.4 Å². The molecule has 5 nitrogen and oxygen atoms in total. The second kappa shape index (κ2) is 6.76. The molecular weight excluding hydrogens is 198 g/mol. The van der Waals surface area contributed by atoms with Crippen molar-refractivity contribution in [1.29, 1.82) is 0 Å². The summed E-state index contributed by atoms with van der Waals surface area (Å²) in [6, 6.07) is 0. The fourth-order valence-corrected chi connectivity index (χ4v) is 1.48. The molecule has 0 aromatic heterocycles. The molecule has 1 aliphatic rings. The van der Waals surface area contributed by atoms with Crippen molar-refractivity contribution >= 4 is 5.97 Å². The highest BCUT2D eigenvalue weighted by atomic mass is 16.5. The van der Waals surface area contributed by atoms with E-state index in [0.717, 1.165) is 26.1 Å². The highest BCUT2D eigenvalue weighted by Gasteiger charge is 2.19. The fraction of sp³-hybridized carbons (Fsp3) is 0.900. The van der Waals surface area contributed by atoms with Gasteiger partial charge >= 0.3 is 5.97 Å². The van der Waals surface area contributed by atoms with E-state index in [9.17, 15) is 9.90 Å². The lowest BCUT2D eigenvalue weighted by molar-refractivity contribution is -0.156. The van der Waals surface area contributed by atoms with Crippen molar-refractivity contribution in [3.63, 3.8) is 0 Å². The number of nitrogens with two attached hydrogens (primary N) is 1. The molecule has 1 saturated heterocycles. The SMILES string of the molecule is NCCC(O)C(=O)OCC1CCOCC1. The standard InChI is InChI=1S/C10H19NO4/c11-4-1-9(12)10(13)15-7-8-2-5-14-6-3-8/h8-9,12H,1-7,11H2. The van der Waals surface area contributed by atoms with Crippen LogP contribution in [0.25, 0.3) is 0 Å². The number of aliphatic hydroxyl groups is 1. The lowest BCUT2D eigenvalue weighted by Crippen LogP contribution is -2.29. The molecule has 1 aliphatic heterocycles. The van der Waals surface area contributed by atoms with Gasteiger partial charge in [0.2, 0.25) is 0 Å². The Balaban J connectivity index is 2.14. The first-order valence-corrected chi connectivity index (χ1v) is 5.36. The number of rotatable bonds is 5. The summed E-state index contributed by atoms with van der Waals surface area (Å²) in [7, 11) is 0. The van der Waals surface area contributed by atoms with Crippen molar-refractivity contribution in [3.05, 3.63) is 0 Å². The van der Waals surface area contributed by atoms with Gasteiger partial charge in [0.25, 0.3) is 0 Å². The highest BCUT2D eigenvalue weighted by Crippen LogP contribution is 2.15.